The largest absolute Gasteiger partial charge is 0.394 e. The maximum atomic E-state index is 12.2. The summed E-state index contributed by atoms with van der Waals surface area (Å²) >= 11 is 0. The highest BCUT2D eigenvalue weighted by Gasteiger charge is 2.20. The van der Waals surface area contributed by atoms with Crippen molar-refractivity contribution in [1.82, 2.24) is 0 Å². The van der Waals surface area contributed by atoms with Gasteiger partial charge in [0.05, 0.1) is 52.9 Å². The van der Waals surface area contributed by atoms with Gasteiger partial charge in [-0.15, -0.1) is 0 Å². The minimum Gasteiger partial charge on any atom is -0.394 e. The molecule has 0 atom stereocenters. The molecule has 0 radical (unpaired) electrons. The molecule has 5 nitrogen and oxygen atoms in total. The van der Waals surface area contributed by atoms with Crippen molar-refractivity contribution < 1.29 is 32.8 Å². The summed E-state index contributed by atoms with van der Waals surface area (Å²) in [6.45, 7) is 2.43. The Kier molecular flexibility index (Phi) is 10.6. The van der Waals surface area contributed by atoms with E-state index in [1.165, 1.54) is 0 Å². The molecular formula is C10H20F2O5. The zero-order valence-electron chi connectivity index (χ0n) is 9.99. The summed E-state index contributed by atoms with van der Waals surface area (Å²) < 4.78 is 43.5. The normalized spacial score (nSPS) is 12.0. The van der Waals surface area contributed by atoms with E-state index >= 15 is 0 Å². The fraction of sp³-hybridized carbons (Fsp3) is 1.00. The molecule has 7 heteroatoms. The van der Waals surface area contributed by atoms with Crippen molar-refractivity contribution in [2.45, 2.75) is 13.0 Å². The standard InChI is InChI=1S/C10H20F2O5/c1-10(11,12)17-9-8-16-7-6-15-5-4-14-3-2-13/h13H,2-9H2,1H3. The second-order valence-electron chi connectivity index (χ2n) is 3.22. The molecule has 0 aromatic rings. The van der Waals surface area contributed by atoms with Crippen LogP contribution < -0.4 is 0 Å². The number of alkyl halides is 2. The van der Waals surface area contributed by atoms with E-state index in [2.05, 4.69) is 4.74 Å². The van der Waals surface area contributed by atoms with Crippen LogP contribution in [0.3, 0.4) is 0 Å². The Bertz CT molecular complexity index is 163. The highest BCUT2D eigenvalue weighted by Crippen LogP contribution is 2.12. The molecular weight excluding hydrogens is 238 g/mol. The van der Waals surface area contributed by atoms with Crippen LogP contribution in [0.1, 0.15) is 6.92 Å². The molecule has 0 unspecified atom stereocenters. The van der Waals surface area contributed by atoms with Crippen molar-refractivity contribution in [3.05, 3.63) is 0 Å². The van der Waals surface area contributed by atoms with Gasteiger partial charge in [-0.05, 0) is 0 Å². The van der Waals surface area contributed by atoms with Gasteiger partial charge in [-0.3, -0.25) is 0 Å². The van der Waals surface area contributed by atoms with Crippen LogP contribution in [0.2, 0.25) is 0 Å². The molecule has 0 aliphatic carbocycles. The maximum absolute atomic E-state index is 12.2. The monoisotopic (exact) mass is 258 g/mol. The van der Waals surface area contributed by atoms with Gasteiger partial charge >= 0.3 is 6.11 Å². The van der Waals surface area contributed by atoms with Gasteiger partial charge in [0, 0.05) is 6.92 Å². The Labute approximate surface area is 99.6 Å². The van der Waals surface area contributed by atoms with Gasteiger partial charge in [-0.1, -0.05) is 0 Å². The smallest absolute Gasteiger partial charge is 0.353 e. The minimum atomic E-state index is -3.11. The van der Waals surface area contributed by atoms with E-state index in [4.69, 9.17) is 19.3 Å². The maximum Gasteiger partial charge on any atom is 0.353 e. The molecule has 0 bridgehead atoms. The first kappa shape index (κ1) is 16.7. The van der Waals surface area contributed by atoms with E-state index in [1.54, 1.807) is 0 Å². The minimum absolute atomic E-state index is 0.00876. The molecule has 17 heavy (non-hydrogen) atoms. The van der Waals surface area contributed by atoms with Gasteiger partial charge in [0.2, 0.25) is 0 Å². The van der Waals surface area contributed by atoms with Crippen LogP contribution in [0.5, 0.6) is 0 Å². The number of aliphatic hydroxyl groups is 1. The van der Waals surface area contributed by atoms with Crippen LogP contribution >= 0.6 is 0 Å². The van der Waals surface area contributed by atoms with Crippen LogP contribution in [-0.4, -0.2) is 64.1 Å². The van der Waals surface area contributed by atoms with Gasteiger partial charge in [0.25, 0.3) is 0 Å². The second kappa shape index (κ2) is 10.8. The lowest BCUT2D eigenvalue weighted by molar-refractivity contribution is -0.229. The van der Waals surface area contributed by atoms with Crippen molar-refractivity contribution in [1.29, 1.82) is 0 Å². The van der Waals surface area contributed by atoms with Gasteiger partial charge < -0.3 is 24.1 Å². The Hall–Kier alpha value is -0.340. The quantitative estimate of drug-likeness (QED) is 0.521. The molecule has 1 N–H and O–H groups in total. The van der Waals surface area contributed by atoms with E-state index in [1.807, 2.05) is 0 Å². The molecule has 0 fully saturated rings. The van der Waals surface area contributed by atoms with E-state index in [-0.39, 0.29) is 19.8 Å². The molecule has 0 rings (SSSR count). The zero-order valence-corrected chi connectivity index (χ0v) is 9.99. The second-order valence-corrected chi connectivity index (χ2v) is 3.22. The molecule has 0 amide bonds. The third-order valence-corrected chi connectivity index (χ3v) is 1.56. The van der Waals surface area contributed by atoms with Gasteiger partial charge in [-0.25, -0.2) is 0 Å². The van der Waals surface area contributed by atoms with E-state index in [0.29, 0.717) is 40.0 Å². The van der Waals surface area contributed by atoms with Crippen LogP contribution in [0.4, 0.5) is 8.78 Å². The van der Waals surface area contributed by atoms with Crippen LogP contribution in [-0.2, 0) is 18.9 Å². The van der Waals surface area contributed by atoms with Crippen molar-refractivity contribution in [2.75, 3.05) is 52.9 Å². The average molecular weight is 258 g/mol. The van der Waals surface area contributed by atoms with Crippen molar-refractivity contribution in [3.8, 4) is 0 Å². The zero-order chi connectivity index (χ0) is 13.0. The third-order valence-electron chi connectivity index (χ3n) is 1.56. The predicted octanol–water partition coefficient (Wildman–Crippen LogP) is 0.658. The third kappa shape index (κ3) is 15.7. The molecule has 0 saturated heterocycles. The number of ether oxygens (including phenoxy) is 4. The van der Waals surface area contributed by atoms with Crippen LogP contribution in [0.25, 0.3) is 0 Å². The molecule has 0 aliphatic heterocycles. The van der Waals surface area contributed by atoms with Gasteiger partial charge in [0.1, 0.15) is 0 Å². The number of halogens is 2. The van der Waals surface area contributed by atoms with Crippen molar-refractivity contribution >= 4 is 0 Å². The molecule has 104 valence electrons. The first-order valence-corrected chi connectivity index (χ1v) is 5.42. The number of rotatable bonds is 12. The molecule has 0 aromatic heterocycles. The van der Waals surface area contributed by atoms with E-state index in [0.717, 1.165) is 0 Å². The summed E-state index contributed by atoms with van der Waals surface area (Å²) in [4.78, 5) is 0. The Morgan fingerprint density at radius 1 is 0.824 bits per heavy atom. The number of hydrogen-bond acceptors (Lipinski definition) is 5. The Morgan fingerprint density at radius 3 is 1.65 bits per heavy atom. The lowest BCUT2D eigenvalue weighted by atomic mass is 10.7. The van der Waals surface area contributed by atoms with E-state index in [9.17, 15) is 8.78 Å². The SMILES string of the molecule is CC(F)(F)OCCOCCOCCOCCO. The molecule has 0 saturated carbocycles. The van der Waals surface area contributed by atoms with Crippen molar-refractivity contribution in [2.24, 2.45) is 0 Å². The molecule has 0 aromatic carbocycles. The summed E-state index contributed by atoms with van der Waals surface area (Å²) in [6.07, 6.45) is -3.11. The van der Waals surface area contributed by atoms with Crippen LogP contribution in [0, 0.1) is 0 Å². The fourth-order valence-corrected chi connectivity index (χ4v) is 0.886. The first-order valence-electron chi connectivity index (χ1n) is 5.42. The summed E-state index contributed by atoms with van der Waals surface area (Å²) in [5, 5.41) is 8.40. The number of hydrogen-bond donors (Lipinski definition) is 1. The summed E-state index contributed by atoms with van der Waals surface area (Å²) in [5.41, 5.74) is 0. The van der Waals surface area contributed by atoms with Crippen molar-refractivity contribution in [3.63, 3.8) is 0 Å². The van der Waals surface area contributed by atoms with E-state index < -0.39 is 6.11 Å². The topological polar surface area (TPSA) is 57.2 Å². The molecule has 0 heterocycles. The molecule has 0 aliphatic rings. The highest BCUT2D eigenvalue weighted by molar-refractivity contribution is 4.39. The fourth-order valence-electron chi connectivity index (χ4n) is 0.886. The average Bonchev–Trinajstić information content (AvgIpc) is 2.24. The predicted molar refractivity (Wildman–Crippen MR) is 56.1 cm³/mol. The summed E-state index contributed by atoms with van der Waals surface area (Å²) in [7, 11) is 0. The lowest BCUT2D eigenvalue weighted by Crippen LogP contribution is -2.19. The highest BCUT2D eigenvalue weighted by atomic mass is 19.3. The Morgan fingerprint density at radius 2 is 1.24 bits per heavy atom. The number of aliphatic hydroxyl groups excluding tert-OH is 1. The van der Waals surface area contributed by atoms with Gasteiger partial charge in [-0.2, -0.15) is 8.78 Å². The summed E-state index contributed by atoms with van der Waals surface area (Å²) in [5.74, 6) is 0. The van der Waals surface area contributed by atoms with Gasteiger partial charge in [0.15, 0.2) is 0 Å². The first-order chi connectivity index (χ1) is 8.06. The Balaban J connectivity index is 2.99. The lowest BCUT2D eigenvalue weighted by Gasteiger charge is -2.11. The summed E-state index contributed by atoms with van der Waals surface area (Å²) in [6, 6.07) is 0. The van der Waals surface area contributed by atoms with Crippen LogP contribution in [0.15, 0.2) is 0 Å². The molecule has 0 spiro atoms.